The van der Waals surface area contributed by atoms with E-state index in [2.05, 4.69) is 13.8 Å². The highest BCUT2D eigenvalue weighted by molar-refractivity contribution is 8.23. The molecule has 0 amide bonds. The summed E-state index contributed by atoms with van der Waals surface area (Å²) in [5, 5.41) is 0. The predicted octanol–water partition coefficient (Wildman–Crippen LogP) is 4.37. The minimum atomic E-state index is -3.40. The van der Waals surface area contributed by atoms with Gasteiger partial charge in [-0.2, -0.15) is 0 Å². The van der Waals surface area contributed by atoms with Crippen molar-refractivity contribution in [1.29, 1.82) is 0 Å². The number of aryl methyl sites for hydroxylation is 1. The van der Waals surface area contributed by atoms with Gasteiger partial charge >= 0.3 is 7.75 Å². The number of hydrogen-bond donors (Lipinski definition) is 0. The number of hydrogen-bond acceptors (Lipinski definition) is 5. The van der Waals surface area contributed by atoms with Gasteiger partial charge in [-0.15, -0.1) is 0 Å². The van der Waals surface area contributed by atoms with Crippen LogP contribution >= 0.6 is 31.7 Å². The number of benzene rings is 1. The minimum absolute atomic E-state index is 0.0836. The molecule has 1 saturated heterocycles. The molecule has 0 aromatic heterocycles. The molecule has 0 N–H and O–H groups in total. The van der Waals surface area contributed by atoms with Crippen molar-refractivity contribution in [1.82, 2.24) is 4.67 Å². The third-order valence-electron chi connectivity index (χ3n) is 3.73. The Morgan fingerprint density at radius 1 is 1.48 bits per heavy atom. The highest BCUT2D eigenvalue weighted by Crippen LogP contribution is 2.60. The standard InChI is InChI=1S/C14H18NO3PS2/c1-9(2)12-8-21-14(20)15(12)19(16)17-7-11-6-10(3)4-5-13(11)18-19/h4-6,9,12H,7-8H2,1-3H3/t12-,19+/m1/s1. The smallest absolute Gasteiger partial charge is 0.409 e. The van der Waals surface area contributed by atoms with Gasteiger partial charge in [0, 0.05) is 11.3 Å². The zero-order chi connectivity index (χ0) is 15.2. The fraction of sp³-hybridized carbons (Fsp3) is 0.500. The van der Waals surface area contributed by atoms with Gasteiger partial charge in [0.15, 0.2) is 0 Å². The lowest BCUT2D eigenvalue weighted by atomic mass is 10.1. The molecule has 0 unspecified atom stereocenters. The number of fused-ring (bicyclic) bond motifs is 1. The van der Waals surface area contributed by atoms with Crippen LogP contribution in [-0.4, -0.2) is 20.8 Å². The van der Waals surface area contributed by atoms with E-state index in [4.69, 9.17) is 21.3 Å². The van der Waals surface area contributed by atoms with Crippen LogP contribution in [0.1, 0.15) is 25.0 Å². The molecule has 1 aromatic carbocycles. The molecule has 2 aliphatic heterocycles. The highest BCUT2D eigenvalue weighted by Gasteiger charge is 2.48. The fourth-order valence-corrected chi connectivity index (χ4v) is 6.75. The van der Waals surface area contributed by atoms with E-state index in [9.17, 15) is 4.57 Å². The minimum Gasteiger partial charge on any atom is -0.409 e. The lowest BCUT2D eigenvalue weighted by Gasteiger charge is -2.36. The second-order valence-corrected chi connectivity index (χ2v) is 9.14. The second-order valence-electron chi connectivity index (χ2n) is 5.68. The van der Waals surface area contributed by atoms with Crippen LogP contribution in [0.4, 0.5) is 0 Å². The van der Waals surface area contributed by atoms with Crippen molar-refractivity contribution in [2.75, 3.05) is 5.75 Å². The van der Waals surface area contributed by atoms with E-state index >= 15 is 0 Å². The summed E-state index contributed by atoms with van der Waals surface area (Å²) in [6.07, 6.45) is 0. The van der Waals surface area contributed by atoms with Gasteiger partial charge < -0.3 is 4.52 Å². The topological polar surface area (TPSA) is 38.8 Å². The summed E-state index contributed by atoms with van der Waals surface area (Å²) in [7, 11) is -3.40. The molecule has 0 spiro atoms. The highest BCUT2D eigenvalue weighted by atomic mass is 32.2. The zero-order valence-corrected chi connectivity index (χ0v) is 14.8. The van der Waals surface area contributed by atoms with Gasteiger partial charge in [-0.1, -0.05) is 55.5 Å². The van der Waals surface area contributed by atoms with Crippen molar-refractivity contribution in [3.63, 3.8) is 0 Å². The molecule has 0 saturated carbocycles. The summed E-state index contributed by atoms with van der Waals surface area (Å²) in [6.45, 7) is 6.50. The maximum atomic E-state index is 13.2. The van der Waals surface area contributed by atoms with Crippen LogP contribution in [0.15, 0.2) is 18.2 Å². The van der Waals surface area contributed by atoms with Gasteiger partial charge in [-0.25, -0.2) is 9.24 Å². The molecule has 2 atom stereocenters. The maximum absolute atomic E-state index is 13.2. The van der Waals surface area contributed by atoms with Crippen molar-refractivity contribution in [3.8, 4) is 5.75 Å². The molecule has 3 rings (SSSR count). The quantitative estimate of drug-likeness (QED) is 0.586. The van der Waals surface area contributed by atoms with Crippen molar-refractivity contribution < 1.29 is 13.6 Å². The summed E-state index contributed by atoms with van der Waals surface area (Å²) < 4.78 is 26.9. The van der Waals surface area contributed by atoms with Gasteiger partial charge in [0.25, 0.3) is 0 Å². The summed E-state index contributed by atoms with van der Waals surface area (Å²) in [5.41, 5.74) is 2.06. The molecule has 4 nitrogen and oxygen atoms in total. The Balaban J connectivity index is 1.93. The number of thioether (sulfide) groups is 1. The molecular weight excluding hydrogens is 325 g/mol. The first-order valence-corrected chi connectivity index (χ1v) is 9.80. The average molecular weight is 343 g/mol. The Morgan fingerprint density at radius 2 is 2.24 bits per heavy atom. The fourth-order valence-electron chi connectivity index (χ4n) is 2.50. The first-order chi connectivity index (χ1) is 9.90. The van der Waals surface area contributed by atoms with Crippen LogP contribution in [0.3, 0.4) is 0 Å². The van der Waals surface area contributed by atoms with Crippen LogP contribution in [0.25, 0.3) is 0 Å². The monoisotopic (exact) mass is 343 g/mol. The molecule has 0 bridgehead atoms. The summed E-state index contributed by atoms with van der Waals surface area (Å²) in [4.78, 5) is 0. The molecule has 1 aromatic rings. The molecular formula is C14H18NO3PS2. The molecule has 21 heavy (non-hydrogen) atoms. The van der Waals surface area contributed by atoms with Gasteiger partial charge in [0.05, 0.1) is 12.6 Å². The van der Waals surface area contributed by atoms with Gasteiger partial charge in [-0.05, 0) is 18.9 Å². The summed E-state index contributed by atoms with van der Waals surface area (Å²) >= 11 is 6.91. The van der Waals surface area contributed by atoms with Crippen LogP contribution < -0.4 is 4.52 Å². The Hall–Kier alpha value is -0.550. The van der Waals surface area contributed by atoms with E-state index in [1.165, 1.54) is 0 Å². The molecule has 7 heteroatoms. The molecule has 1 fully saturated rings. The van der Waals surface area contributed by atoms with E-state index in [-0.39, 0.29) is 6.04 Å². The van der Waals surface area contributed by atoms with Crippen molar-refractivity contribution in [2.45, 2.75) is 33.4 Å². The van der Waals surface area contributed by atoms with E-state index in [0.717, 1.165) is 16.9 Å². The van der Waals surface area contributed by atoms with Crippen LogP contribution in [-0.2, 0) is 15.7 Å². The Morgan fingerprint density at radius 3 is 2.95 bits per heavy atom. The lowest BCUT2D eigenvalue weighted by Crippen LogP contribution is -2.37. The van der Waals surface area contributed by atoms with Crippen molar-refractivity contribution in [2.24, 2.45) is 5.92 Å². The summed E-state index contributed by atoms with van der Waals surface area (Å²) in [5.74, 6) is 1.79. The van der Waals surface area contributed by atoms with Gasteiger partial charge in [0.2, 0.25) is 0 Å². The van der Waals surface area contributed by atoms with Crippen LogP contribution in [0, 0.1) is 12.8 Å². The van der Waals surface area contributed by atoms with Crippen LogP contribution in [0.2, 0.25) is 0 Å². The second kappa shape index (κ2) is 5.58. The Kier molecular flexibility index (Phi) is 4.08. The third-order valence-corrected chi connectivity index (χ3v) is 7.41. The van der Waals surface area contributed by atoms with E-state index in [1.807, 2.05) is 25.1 Å². The first-order valence-electron chi connectivity index (χ1n) is 6.91. The largest absolute Gasteiger partial charge is 0.490 e. The number of rotatable bonds is 2. The lowest BCUT2D eigenvalue weighted by molar-refractivity contribution is 0.187. The van der Waals surface area contributed by atoms with Gasteiger partial charge in [0.1, 0.15) is 10.1 Å². The normalized spacial score (nSPS) is 28.7. The van der Waals surface area contributed by atoms with Crippen molar-refractivity contribution >= 4 is 36.0 Å². The Bertz CT molecular complexity index is 635. The maximum Gasteiger partial charge on any atom is 0.490 e. The molecule has 0 radical (unpaired) electrons. The molecule has 114 valence electrons. The van der Waals surface area contributed by atoms with Gasteiger partial charge in [-0.3, -0.25) is 4.52 Å². The third kappa shape index (κ3) is 2.74. The molecule has 0 aliphatic carbocycles. The zero-order valence-electron chi connectivity index (χ0n) is 12.2. The van der Waals surface area contributed by atoms with E-state index in [0.29, 0.717) is 22.6 Å². The predicted molar refractivity (Wildman–Crippen MR) is 89.7 cm³/mol. The first kappa shape index (κ1) is 15.3. The van der Waals surface area contributed by atoms with E-state index in [1.54, 1.807) is 16.4 Å². The van der Waals surface area contributed by atoms with Crippen molar-refractivity contribution in [3.05, 3.63) is 29.3 Å². The average Bonchev–Trinajstić information content (AvgIpc) is 2.82. The van der Waals surface area contributed by atoms with Crippen LogP contribution in [0.5, 0.6) is 5.75 Å². The van der Waals surface area contributed by atoms with E-state index < -0.39 is 7.75 Å². The SMILES string of the molecule is Cc1ccc2c(c1)CO[P@@](=O)(N1C(=S)SC[C@@H]1C(C)C)O2. The number of thiocarbonyl (C=S) groups is 1. The number of nitrogens with zero attached hydrogens (tertiary/aromatic N) is 1. The Labute approximate surface area is 134 Å². The molecule has 2 aliphatic rings. The summed E-state index contributed by atoms with van der Waals surface area (Å²) in [6, 6.07) is 5.89. The molecule has 2 heterocycles.